The molecule has 2 aliphatic heterocycles. The van der Waals surface area contributed by atoms with E-state index in [1.54, 1.807) is 5.57 Å². The minimum absolute atomic E-state index is 0.366. The van der Waals surface area contributed by atoms with Gasteiger partial charge in [0.05, 0.1) is 22.4 Å². The molecule has 4 aliphatic rings. The maximum Gasteiger partial charge on any atom is 0.494 e. The summed E-state index contributed by atoms with van der Waals surface area (Å²) in [6.07, 6.45) is 4.93. The van der Waals surface area contributed by atoms with E-state index in [1.807, 2.05) is 0 Å². The van der Waals surface area contributed by atoms with E-state index in [0.717, 1.165) is 10.9 Å². The second kappa shape index (κ2) is 7.83. The molecule has 188 valence electrons. The van der Waals surface area contributed by atoms with Gasteiger partial charge in [0.2, 0.25) is 0 Å². The highest BCUT2D eigenvalue weighted by Crippen LogP contribution is 2.48. The second-order valence-corrected chi connectivity index (χ2v) is 13.0. The van der Waals surface area contributed by atoms with E-state index in [1.165, 1.54) is 53.5 Å². The molecule has 2 heterocycles. The first-order valence-electron chi connectivity index (χ1n) is 13.5. The van der Waals surface area contributed by atoms with Gasteiger partial charge >= 0.3 is 14.2 Å². The van der Waals surface area contributed by atoms with E-state index in [9.17, 15) is 0 Å². The van der Waals surface area contributed by atoms with E-state index in [2.05, 4.69) is 91.8 Å². The summed E-state index contributed by atoms with van der Waals surface area (Å²) < 4.78 is 25.6. The molecule has 0 atom stereocenters. The normalized spacial score (nSPS) is 25.0. The van der Waals surface area contributed by atoms with Gasteiger partial charge in [-0.25, -0.2) is 0 Å². The quantitative estimate of drug-likeness (QED) is 0.442. The second-order valence-electron chi connectivity index (χ2n) is 13.0. The van der Waals surface area contributed by atoms with Crippen LogP contribution in [0.15, 0.2) is 42.0 Å². The number of hydrogen-bond acceptors (Lipinski definition) is 4. The number of benzene rings is 2. The van der Waals surface area contributed by atoms with Crippen molar-refractivity contribution in [3.63, 3.8) is 0 Å². The molecular weight excluding hydrogens is 446 g/mol. The number of fused-ring (bicyclic) bond motifs is 3. The predicted octanol–water partition coefficient (Wildman–Crippen LogP) is 5.64. The van der Waals surface area contributed by atoms with Crippen molar-refractivity contribution in [1.82, 2.24) is 0 Å². The molecule has 0 amide bonds. The molecule has 1 saturated carbocycles. The van der Waals surface area contributed by atoms with Gasteiger partial charge in [-0.3, -0.25) is 0 Å². The molecule has 0 N–H and O–H groups in total. The molecular formula is C30H38B2O4. The zero-order valence-electron chi connectivity index (χ0n) is 23.1. The van der Waals surface area contributed by atoms with Gasteiger partial charge < -0.3 is 18.6 Å². The molecule has 36 heavy (non-hydrogen) atoms. The Balaban J connectivity index is 1.45. The monoisotopic (exact) mass is 484 g/mol. The Morgan fingerprint density at radius 2 is 0.889 bits per heavy atom. The van der Waals surface area contributed by atoms with Crippen LogP contribution in [0.1, 0.15) is 92.2 Å². The SMILES string of the molecule is CC1(C)OB(c2ccc3c(c2)-c2cc(B4OC(C)(C)C(C)(C)O4)ccc2C3=C2CCCC2)OC1(C)C. The van der Waals surface area contributed by atoms with Crippen molar-refractivity contribution in [1.29, 1.82) is 0 Å². The van der Waals surface area contributed by atoms with Crippen molar-refractivity contribution >= 4 is 30.7 Å². The van der Waals surface area contributed by atoms with Crippen molar-refractivity contribution in [2.45, 2.75) is 103 Å². The lowest BCUT2D eigenvalue weighted by atomic mass is 9.76. The fraction of sp³-hybridized carbons (Fsp3) is 0.533. The Hall–Kier alpha value is -1.85. The Kier molecular flexibility index (Phi) is 5.33. The van der Waals surface area contributed by atoms with Crippen LogP contribution >= 0.6 is 0 Å². The molecule has 0 spiro atoms. The van der Waals surface area contributed by atoms with Crippen molar-refractivity contribution in [2.24, 2.45) is 0 Å². The third-order valence-electron chi connectivity index (χ3n) is 9.53. The fourth-order valence-corrected chi connectivity index (χ4v) is 5.83. The molecule has 4 nitrogen and oxygen atoms in total. The van der Waals surface area contributed by atoms with E-state index in [-0.39, 0.29) is 36.6 Å². The zero-order chi connectivity index (χ0) is 25.7. The van der Waals surface area contributed by atoms with Gasteiger partial charge in [-0.1, -0.05) is 42.0 Å². The zero-order valence-corrected chi connectivity index (χ0v) is 23.1. The van der Waals surface area contributed by atoms with Crippen LogP contribution in [0, 0.1) is 0 Å². The highest BCUT2D eigenvalue weighted by atomic mass is 16.7. The van der Waals surface area contributed by atoms with Gasteiger partial charge in [-0.2, -0.15) is 0 Å². The van der Waals surface area contributed by atoms with Crippen molar-refractivity contribution in [3.8, 4) is 11.1 Å². The van der Waals surface area contributed by atoms with Gasteiger partial charge in [0.25, 0.3) is 0 Å². The first kappa shape index (κ1) is 24.5. The molecule has 0 bridgehead atoms. The van der Waals surface area contributed by atoms with Gasteiger partial charge in [-0.15, -0.1) is 0 Å². The lowest BCUT2D eigenvalue weighted by molar-refractivity contribution is 0.00578. The Morgan fingerprint density at radius 1 is 0.528 bits per heavy atom. The summed E-state index contributed by atoms with van der Waals surface area (Å²) in [5.74, 6) is 0. The predicted molar refractivity (Wildman–Crippen MR) is 148 cm³/mol. The van der Waals surface area contributed by atoms with Crippen LogP contribution in [0.5, 0.6) is 0 Å². The third kappa shape index (κ3) is 3.60. The summed E-state index contributed by atoms with van der Waals surface area (Å²) in [6, 6.07) is 13.5. The Morgan fingerprint density at radius 3 is 1.25 bits per heavy atom. The van der Waals surface area contributed by atoms with Gasteiger partial charge in [-0.05, 0) is 120 Å². The van der Waals surface area contributed by atoms with Crippen LogP contribution in [0.4, 0.5) is 0 Å². The number of rotatable bonds is 2. The van der Waals surface area contributed by atoms with E-state index >= 15 is 0 Å². The molecule has 2 saturated heterocycles. The average molecular weight is 484 g/mol. The maximum atomic E-state index is 6.40. The summed E-state index contributed by atoms with van der Waals surface area (Å²) in [5, 5.41) is 0. The van der Waals surface area contributed by atoms with Crippen LogP contribution in [-0.2, 0) is 18.6 Å². The lowest BCUT2D eigenvalue weighted by Gasteiger charge is -2.32. The third-order valence-corrected chi connectivity index (χ3v) is 9.53. The maximum absolute atomic E-state index is 6.40. The largest absolute Gasteiger partial charge is 0.494 e. The molecule has 0 unspecified atom stereocenters. The molecule has 0 radical (unpaired) electrons. The van der Waals surface area contributed by atoms with Crippen molar-refractivity contribution in [2.75, 3.05) is 0 Å². The summed E-state index contributed by atoms with van der Waals surface area (Å²) >= 11 is 0. The Bertz CT molecular complexity index is 1150. The molecule has 2 aliphatic carbocycles. The van der Waals surface area contributed by atoms with Gasteiger partial charge in [0, 0.05) is 0 Å². The van der Waals surface area contributed by atoms with E-state index in [4.69, 9.17) is 18.6 Å². The minimum atomic E-state index is -0.377. The van der Waals surface area contributed by atoms with Crippen molar-refractivity contribution < 1.29 is 18.6 Å². The van der Waals surface area contributed by atoms with Crippen LogP contribution in [0.3, 0.4) is 0 Å². The van der Waals surface area contributed by atoms with Crippen LogP contribution in [0.25, 0.3) is 16.7 Å². The number of allylic oxidation sites excluding steroid dienone is 1. The molecule has 2 aromatic rings. The van der Waals surface area contributed by atoms with Gasteiger partial charge in [0.15, 0.2) is 0 Å². The first-order valence-corrected chi connectivity index (χ1v) is 13.5. The van der Waals surface area contributed by atoms with Crippen LogP contribution in [0.2, 0.25) is 0 Å². The smallest absolute Gasteiger partial charge is 0.399 e. The summed E-state index contributed by atoms with van der Waals surface area (Å²) in [5.41, 5.74) is 8.85. The molecule has 3 fully saturated rings. The summed E-state index contributed by atoms with van der Waals surface area (Å²) in [6.45, 7) is 16.9. The van der Waals surface area contributed by atoms with Crippen LogP contribution < -0.4 is 10.9 Å². The molecule has 6 heteroatoms. The molecule has 6 rings (SSSR count). The van der Waals surface area contributed by atoms with E-state index < -0.39 is 0 Å². The van der Waals surface area contributed by atoms with Crippen molar-refractivity contribution in [3.05, 3.63) is 53.1 Å². The Labute approximate surface area is 217 Å². The van der Waals surface area contributed by atoms with Crippen LogP contribution in [-0.4, -0.2) is 36.6 Å². The van der Waals surface area contributed by atoms with Gasteiger partial charge in [0.1, 0.15) is 0 Å². The lowest BCUT2D eigenvalue weighted by Crippen LogP contribution is -2.41. The average Bonchev–Trinajstić information content (AvgIpc) is 3.51. The highest BCUT2D eigenvalue weighted by Gasteiger charge is 2.53. The summed E-state index contributed by atoms with van der Waals surface area (Å²) in [4.78, 5) is 0. The first-order chi connectivity index (χ1) is 16.8. The minimum Gasteiger partial charge on any atom is -0.399 e. The molecule has 2 aromatic carbocycles. The topological polar surface area (TPSA) is 36.9 Å². The molecule has 0 aromatic heterocycles. The standard InChI is InChI=1S/C30H38B2O4/c1-27(2)28(3,4)34-31(33-27)20-13-15-22-24(17-20)25-18-21(32-35-29(5,6)30(7,8)36-32)14-16-23(25)26(22)19-11-9-10-12-19/h13-18H,9-12H2,1-8H3. The fourth-order valence-electron chi connectivity index (χ4n) is 5.83. The summed E-state index contributed by atoms with van der Waals surface area (Å²) in [7, 11) is -0.753. The van der Waals surface area contributed by atoms with E-state index in [0.29, 0.717) is 0 Å². The highest BCUT2D eigenvalue weighted by molar-refractivity contribution is 6.63. The number of hydrogen-bond donors (Lipinski definition) is 0.